The lowest BCUT2D eigenvalue weighted by Gasteiger charge is -2.21. The molecule has 1 aromatic heterocycles. The van der Waals surface area contributed by atoms with E-state index in [2.05, 4.69) is 68.3 Å². The van der Waals surface area contributed by atoms with E-state index in [0.29, 0.717) is 11.3 Å². The standard InChI is InChI=1S/C19H26N2O/c1-14(2)17-21-16(11-22-17)10-20-13-19(12-18(19,3)4)15-8-6-5-7-9-15/h5-9,11,14,20H,10,12-13H2,1-4H3/t19-/m0/s1. The van der Waals surface area contributed by atoms with Gasteiger partial charge in [0.25, 0.3) is 0 Å². The summed E-state index contributed by atoms with van der Waals surface area (Å²) in [6.07, 6.45) is 3.00. The van der Waals surface area contributed by atoms with E-state index in [9.17, 15) is 0 Å². The Bertz CT molecular complexity index is 630. The van der Waals surface area contributed by atoms with E-state index in [1.54, 1.807) is 6.26 Å². The van der Waals surface area contributed by atoms with E-state index in [0.717, 1.165) is 24.7 Å². The van der Waals surface area contributed by atoms with Gasteiger partial charge in [0.05, 0.1) is 5.69 Å². The number of oxazole rings is 1. The molecule has 0 unspecified atom stereocenters. The van der Waals surface area contributed by atoms with Crippen molar-refractivity contribution in [3.63, 3.8) is 0 Å². The summed E-state index contributed by atoms with van der Waals surface area (Å²) in [4.78, 5) is 4.53. The molecule has 0 radical (unpaired) electrons. The Morgan fingerprint density at radius 1 is 1.23 bits per heavy atom. The maximum absolute atomic E-state index is 5.50. The van der Waals surface area contributed by atoms with Crippen LogP contribution >= 0.6 is 0 Å². The second kappa shape index (κ2) is 5.54. The number of hydrogen-bond acceptors (Lipinski definition) is 3. The van der Waals surface area contributed by atoms with Crippen LogP contribution in [-0.4, -0.2) is 11.5 Å². The van der Waals surface area contributed by atoms with Gasteiger partial charge in [0, 0.05) is 24.4 Å². The third-order valence-electron chi connectivity index (χ3n) is 5.04. The number of nitrogens with zero attached hydrogens (tertiary/aromatic N) is 1. The van der Waals surface area contributed by atoms with Gasteiger partial charge in [-0.15, -0.1) is 0 Å². The second-order valence-corrected chi connectivity index (χ2v) is 7.44. The van der Waals surface area contributed by atoms with Gasteiger partial charge in [-0.3, -0.25) is 0 Å². The Kier molecular flexibility index (Phi) is 3.85. The molecule has 0 saturated heterocycles. The SMILES string of the molecule is CC(C)c1nc(CNC[C@]2(c3ccccc3)CC2(C)C)co1. The van der Waals surface area contributed by atoms with Gasteiger partial charge in [-0.05, 0) is 17.4 Å². The molecule has 0 spiro atoms. The molecule has 2 aromatic rings. The van der Waals surface area contributed by atoms with Crippen LogP contribution in [0.25, 0.3) is 0 Å². The Labute approximate surface area is 133 Å². The first-order valence-corrected chi connectivity index (χ1v) is 8.15. The van der Waals surface area contributed by atoms with E-state index in [-0.39, 0.29) is 5.41 Å². The van der Waals surface area contributed by atoms with Crippen LogP contribution < -0.4 is 5.32 Å². The van der Waals surface area contributed by atoms with Crippen molar-refractivity contribution < 1.29 is 4.42 Å². The van der Waals surface area contributed by atoms with Crippen molar-refractivity contribution in [2.45, 2.75) is 52.0 Å². The van der Waals surface area contributed by atoms with Crippen LogP contribution in [0, 0.1) is 5.41 Å². The molecule has 1 atom stereocenters. The molecule has 3 nitrogen and oxygen atoms in total. The zero-order valence-corrected chi connectivity index (χ0v) is 14.0. The summed E-state index contributed by atoms with van der Waals surface area (Å²) in [5, 5.41) is 3.59. The van der Waals surface area contributed by atoms with E-state index >= 15 is 0 Å². The molecule has 0 bridgehead atoms. The minimum atomic E-state index is 0.249. The summed E-state index contributed by atoms with van der Waals surface area (Å²) in [6.45, 7) is 10.7. The van der Waals surface area contributed by atoms with Gasteiger partial charge in [-0.1, -0.05) is 58.0 Å². The van der Waals surface area contributed by atoms with Crippen LogP contribution in [0.3, 0.4) is 0 Å². The zero-order chi connectivity index (χ0) is 15.8. The number of aromatic nitrogens is 1. The van der Waals surface area contributed by atoms with Crippen LogP contribution in [-0.2, 0) is 12.0 Å². The monoisotopic (exact) mass is 298 g/mol. The summed E-state index contributed by atoms with van der Waals surface area (Å²) in [6, 6.07) is 10.9. The molecule has 0 amide bonds. The molecule has 1 fully saturated rings. The molecule has 1 aromatic carbocycles. The van der Waals surface area contributed by atoms with Crippen LogP contribution in [0.4, 0.5) is 0 Å². The van der Waals surface area contributed by atoms with Crippen LogP contribution in [0.2, 0.25) is 0 Å². The fourth-order valence-electron chi connectivity index (χ4n) is 3.44. The molecule has 3 heteroatoms. The van der Waals surface area contributed by atoms with Crippen molar-refractivity contribution in [1.29, 1.82) is 0 Å². The summed E-state index contributed by atoms with van der Waals surface area (Å²) in [7, 11) is 0. The molecule has 0 aliphatic heterocycles. The number of nitrogens with one attached hydrogen (secondary N) is 1. The average molecular weight is 298 g/mol. The second-order valence-electron chi connectivity index (χ2n) is 7.44. The molecular formula is C19H26N2O. The fraction of sp³-hybridized carbons (Fsp3) is 0.526. The van der Waals surface area contributed by atoms with Gasteiger partial charge in [0.2, 0.25) is 0 Å². The first-order valence-electron chi connectivity index (χ1n) is 8.15. The molecular weight excluding hydrogens is 272 g/mol. The molecule has 1 N–H and O–H groups in total. The average Bonchev–Trinajstić information content (AvgIpc) is 2.86. The predicted molar refractivity (Wildman–Crippen MR) is 88.8 cm³/mol. The van der Waals surface area contributed by atoms with E-state index in [4.69, 9.17) is 4.42 Å². The van der Waals surface area contributed by atoms with Crippen LogP contribution in [0.5, 0.6) is 0 Å². The third kappa shape index (κ3) is 2.70. The van der Waals surface area contributed by atoms with Crippen molar-refractivity contribution >= 4 is 0 Å². The van der Waals surface area contributed by atoms with Gasteiger partial charge < -0.3 is 9.73 Å². The predicted octanol–water partition coefficient (Wildman–Crippen LogP) is 4.26. The molecule has 3 rings (SSSR count). The first kappa shape index (κ1) is 15.3. The molecule has 1 aliphatic carbocycles. The topological polar surface area (TPSA) is 38.1 Å². The Hall–Kier alpha value is -1.61. The highest BCUT2D eigenvalue weighted by Gasteiger charge is 2.61. The zero-order valence-electron chi connectivity index (χ0n) is 14.0. The maximum atomic E-state index is 5.50. The largest absolute Gasteiger partial charge is 0.448 e. The van der Waals surface area contributed by atoms with Gasteiger partial charge in [-0.2, -0.15) is 0 Å². The highest BCUT2D eigenvalue weighted by Crippen LogP contribution is 2.63. The third-order valence-corrected chi connectivity index (χ3v) is 5.04. The molecule has 22 heavy (non-hydrogen) atoms. The van der Waals surface area contributed by atoms with Gasteiger partial charge in [0.15, 0.2) is 5.89 Å². The van der Waals surface area contributed by atoms with Crippen LogP contribution in [0.15, 0.2) is 41.0 Å². The maximum Gasteiger partial charge on any atom is 0.196 e. The molecule has 1 aliphatic rings. The van der Waals surface area contributed by atoms with Crippen molar-refractivity contribution in [3.05, 3.63) is 53.7 Å². The number of benzene rings is 1. The Morgan fingerprint density at radius 3 is 2.45 bits per heavy atom. The van der Waals surface area contributed by atoms with Crippen LogP contribution in [0.1, 0.15) is 57.2 Å². The lowest BCUT2D eigenvalue weighted by Crippen LogP contribution is -2.30. The van der Waals surface area contributed by atoms with E-state index in [1.807, 2.05) is 0 Å². The Balaban J connectivity index is 1.64. The lowest BCUT2D eigenvalue weighted by atomic mass is 9.88. The normalized spacial score (nSPS) is 23.0. The molecule has 118 valence electrons. The molecule has 1 saturated carbocycles. The summed E-state index contributed by atoms with van der Waals surface area (Å²) < 4.78 is 5.50. The van der Waals surface area contributed by atoms with E-state index in [1.165, 1.54) is 12.0 Å². The van der Waals surface area contributed by atoms with Crippen molar-refractivity contribution in [1.82, 2.24) is 10.3 Å². The summed E-state index contributed by atoms with van der Waals surface area (Å²) >= 11 is 0. The first-order chi connectivity index (χ1) is 10.4. The van der Waals surface area contributed by atoms with Crippen molar-refractivity contribution in [2.75, 3.05) is 6.54 Å². The lowest BCUT2D eigenvalue weighted by molar-refractivity contribution is 0.457. The quantitative estimate of drug-likeness (QED) is 0.866. The Morgan fingerprint density at radius 2 is 1.91 bits per heavy atom. The van der Waals surface area contributed by atoms with Gasteiger partial charge in [-0.25, -0.2) is 4.98 Å². The molecule has 1 heterocycles. The smallest absolute Gasteiger partial charge is 0.196 e. The number of rotatable bonds is 6. The van der Waals surface area contributed by atoms with Crippen molar-refractivity contribution in [3.8, 4) is 0 Å². The summed E-state index contributed by atoms with van der Waals surface area (Å²) in [5.41, 5.74) is 3.04. The minimum Gasteiger partial charge on any atom is -0.448 e. The van der Waals surface area contributed by atoms with Gasteiger partial charge >= 0.3 is 0 Å². The summed E-state index contributed by atoms with van der Waals surface area (Å²) in [5.74, 6) is 1.16. The van der Waals surface area contributed by atoms with Gasteiger partial charge in [0.1, 0.15) is 6.26 Å². The fourth-order valence-corrected chi connectivity index (χ4v) is 3.44. The number of hydrogen-bond donors (Lipinski definition) is 1. The minimum absolute atomic E-state index is 0.249. The van der Waals surface area contributed by atoms with E-state index < -0.39 is 0 Å². The highest BCUT2D eigenvalue weighted by atomic mass is 16.3. The highest BCUT2D eigenvalue weighted by molar-refractivity contribution is 5.37. The van der Waals surface area contributed by atoms with Crippen molar-refractivity contribution in [2.24, 2.45) is 5.41 Å².